The van der Waals surface area contributed by atoms with Crippen molar-refractivity contribution in [2.45, 2.75) is 33.1 Å². The fraction of sp³-hybridized carbons (Fsp3) is 0.600. The van der Waals surface area contributed by atoms with E-state index in [1.165, 1.54) is 18.2 Å². The Kier molecular flexibility index (Phi) is 4.05. The molecule has 4 nitrogen and oxygen atoms in total. The first kappa shape index (κ1) is 13.6. The minimum Gasteiger partial charge on any atom is -0.356 e. The van der Waals surface area contributed by atoms with Crippen LogP contribution in [0.4, 0.5) is 11.8 Å². The van der Waals surface area contributed by atoms with Gasteiger partial charge in [0, 0.05) is 19.6 Å². The van der Waals surface area contributed by atoms with Crippen LogP contribution in [0.2, 0.25) is 0 Å². The van der Waals surface area contributed by atoms with E-state index in [9.17, 15) is 0 Å². The molecule has 0 bridgehead atoms. The standard InChI is InChI=1S/C15H22N4S/c1-3-8-19(10-11-5-6-11)13-12-7-9-20-14(12)18-15(17-13)16-4-2/h7,9,11H,3-6,8,10H2,1-2H3,(H,16,17,18). The molecule has 1 N–H and O–H groups in total. The summed E-state index contributed by atoms with van der Waals surface area (Å²) >= 11 is 1.69. The van der Waals surface area contributed by atoms with Gasteiger partial charge in [0.25, 0.3) is 0 Å². The van der Waals surface area contributed by atoms with Crippen molar-refractivity contribution in [2.24, 2.45) is 5.92 Å². The van der Waals surface area contributed by atoms with Gasteiger partial charge in [-0.3, -0.25) is 0 Å². The smallest absolute Gasteiger partial charge is 0.226 e. The lowest BCUT2D eigenvalue weighted by Crippen LogP contribution is -2.28. The van der Waals surface area contributed by atoms with Crippen molar-refractivity contribution in [1.82, 2.24) is 9.97 Å². The number of hydrogen-bond acceptors (Lipinski definition) is 5. The SMILES string of the molecule is CCCN(CC1CC1)c1nc(NCC)nc2sccc12. The lowest BCUT2D eigenvalue weighted by molar-refractivity contribution is 0.701. The van der Waals surface area contributed by atoms with Gasteiger partial charge in [0.15, 0.2) is 0 Å². The predicted octanol–water partition coefficient (Wildman–Crippen LogP) is 3.75. The Morgan fingerprint density at radius 1 is 1.35 bits per heavy atom. The van der Waals surface area contributed by atoms with E-state index >= 15 is 0 Å². The topological polar surface area (TPSA) is 41.1 Å². The molecule has 0 saturated heterocycles. The Morgan fingerprint density at radius 2 is 2.20 bits per heavy atom. The number of hydrogen-bond donors (Lipinski definition) is 1. The van der Waals surface area contributed by atoms with Gasteiger partial charge in [0.2, 0.25) is 5.95 Å². The lowest BCUT2D eigenvalue weighted by atomic mass is 10.3. The van der Waals surface area contributed by atoms with E-state index in [-0.39, 0.29) is 0 Å². The average Bonchev–Trinajstić information content (AvgIpc) is 3.13. The molecule has 1 saturated carbocycles. The van der Waals surface area contributed by atoms with Crippen LogP contribution >= 0.6 is 11.3 Å². The van der Waals surface area contributed by atoms with Crippen molar-refractivity contribution in [1.29, 1.82) is 0 Å². The molecule has 108 valence electrons. The van der Waals surface area contributed by atoms with Gasteiger partial charge in [-0.2, -0.15) is 4.98 Å². The summed E-state index contributed by atoms with van der Waals surface area (Å²) in [7, 11) is 0. The third-order valence-electron chi connectivity index (χ3n) is 3.61. The Bertz CT molecular complexity index is 576. The van der Waals surface area contributed by atoms with Gasteiger partial charge in [0.05, 0.1) is 5.39 Å². The second kappa shape index (κ2) is 5.95. The first-order valence-electron chi connectivity index (χ1n) is 7.55. The normalized spacial score (nSPS) is 14.7. The summed E-state index contributed by atoms with van der Waals surface area (Å²) in [6.45, 7) is 7.38. The monoisotopic (exact) mass is 290 g/mol. The molecule has 2 heterocycles. The Hall–Kier alpha value is -1.36. The van der Waals surface area contributed by atoms with E-state index in [4.69, 9.17) is 4.98 Å². The van der Waals surface area contributed by atoms with Crippen LogP contribution in [0.15, 0.2) is 11.4 Å². The van der Waals surface area contributed by atoms with Crippen molar-refractivity contribution in [2.75, 3.05) is 29.9 Å². The maximum atomic E-state index is 4.77. The minimum absolute atomic E-state index is 0.759. The van der Waals surface area contributed by atoms with Crippen LogP contribution in [0.1, 0.15) is 33.1 Å². The molecule has 0 amide bonds. The molecule has 0 aliphatic heterocycles. The molecule has 1 aliphatic rings. The van der Waals surface area contributed by atoms with Crippen LogP contribution in [0.25, 0.3) is 10.2 Å². The molecular weight excluding hydrogens is 268 g/mol. The predicted molar refractivity (Wildman–Crippen MR) is 86.8 cm³/mol. The van der Waals surface area contributed by atoms with Crippen LogP contribution in [-0.4, -0.2) is 29.6 Å². The van der Waals surface area contributed by atoms with E-state index in [2.05, 4.69) is 40.5 Å². The number of nitrogens with one attached hydrogen (secondary N) is 1. The van der Waals surface area contributed by atoms with Gasteiger partial charge in [-0.25, -0.2) is 4.98 Å². The van der Waals surface area contributed by atoms with Crippen molar-refractivity contribution in [3.8, 4) is 0 Å². The highest BCUT2D eigenvalue weighted by molar-refractivity contribution is 7.16. The largest absolute Gasteiger partial charge is 0.356 e. The Morgan fingerprint density at radius 3 is 2.90 bits per heavy atom. The molecule has 1 aliphatic carbocycles. The van der Waals surface area contributed by atoms with Crippen molar-refractivity contribution < 1.29 is 0 Å². The summed E-state index contributed by atoms with van der Waals surface area (Å²) in [5, 5.41) is 6.56. The second-order valence-corrected chi connectivity index (χ2v) is 6.32. The lowest BCUT2D eigenvalue weighted by Gasteiger charge is -2.24. The maximum absolute atomic E-state index is 4.77. The van der Waals surface area contributed by atoms with Crippen LogP contribution in [0, 0.1) is 5.92 Å². The van der Waals surface area contributed by atoms with Crippen LogP contribution in [-0.2, 0) is 0 Å². The van der Waals surface area contributed by atoms with Gasteiger partial charge in [-0.1, -0.05) is 6.92 Å². The molecule has 20 heavy (non-hydrogen) atoms. The van der Waals surface area contributed by atoms with Gasteiger partial charge >= 0.3 is 0 Å². The molecule has 0 atom stereocenters. The number of fused-ring (bicyclic) bond motifs is 1. The van der Waals surface area contributed by atoms with E-state index in [0.717, 1.165) is 48.6 Å². The summed E-state index contributed by atoms with van der Waals surface area (Å²) in [5.41, 5.74) is 0. The van der Waals surface area contributed by atoms with Crippen LogP contribution in [0.3, 0.4) is 0 Å². The molecule has 5 heteroatoms. The Balaban J connectivity index is 1.98. The van der Waals surface area contributed by atoms with Crippen LogP contribution in [0.5, 0.6) is 0 Å². The zero-order chi connectivity index (χ0) is 13.9. The van der Waals surface area contributed by atoms with Crippen molar-refractivity contribution in [3.05, 3.63) is 11.4 Å². The molecule has 2 aromatic rings. The molecule has 0 spiro atoms. The van der Waals surface area contributed by atoms with Crippen molar-refractivity contribution in [3.63, 3.8) is 0 Å². The molecule has 0 unspecified atom stereocenters. The molecule has 3 rings (SSSR count). The zero-order valence-corrected chi connectivity index (χ0v) is 13.0. The number of rotatable bonds is 7. The van der Waals surface area contributed by atoms with Crippen molar-refractivity contribution >= 4 is 33.3 Å². The molecule has 1 fully saturated rings. The second-order valence-electron chi connectivity index (χ2n) is 5.43. The summed E-state index contributed by atoms with van der Waals surface area (Å²) < 4.78 is 0. The fourth-order valence-corrected chi connectivity index (χ4v) is 3.24. The number of anilines is 2. The van der Waals surface area contributed by atoms with Gasteiger partial charge in [-0.05, 0) is 43.6 Å². The van der Waals surface area contributed by atoms with Gasteiger partial charge in [-0.15, -0.1) is 11.3 Å². The van der Waals surface area contributed by atoms with E-state index in [1.807, 2.05) is 0 Å². The highest BCUT2D eigenvalue weighted by Gasteiger charge is 2.26. The van der Waals surface area contributed by atoms with Gasteiger partial charge in [0.1, 0.15) is 10.6 Å². The summed E-state index contributed by atoms with van der Waals surface area (Å²) in [6.07, 6.45) is 3.90. The third kappa shape index (κ3) is 2.87. The number of nitrogens with zero attached hydrogens (tertiary/aromatic N) is 3. The van der Waals surface area contributed by atoms with Crippen LogP contribution < -0.4 is 10.2 Å². The number of thiophene rings is 1. The molecule has 0 radical (unpaired) electrons. The maximum Gasteiger partial charge on any atom is 0.226 e. The molecular formula is C15H22N4S. The first-order chi connectivity index (χ1) is 9.81. The minimum atomic E-state index is 0.759. The fourth-order valence-electron chi connectivity index (χ4n) is 2.48. The summed E-state index contributed by atoms with van der Waals surface area (Å²) in [4.78, 5) is 12.9. The summed E-state index contributed by atoms with van der Waals surface area (Å²) in [6, 6.07) is 2.15. The van der Waals surface area contributed by atoms with Gasteiger partial charge < -0.3 is 10.2 Å². The third-order valence-corrected chi connectivity index (χ3v) is 4.42. The molecule has 0 aromatic carbocycles. The van der Waals surface area contributed by atoms with E-state index < -0.39 is 0 Å². The number of aromatic nitrogens is 2. The quantitative estimate of drug-likeness (QED) is 0.843. The summed E-state index contributed by atoms with van der Waals surface area (Å²) in [5.74, 6) is 2.74. The Labute approximate surface area is 124 Å². The average molecular weight is 290 g/mol. The highest BCUT2D eigenvalue weighted by atomic mass is 32.1. The molecule has 2 aromatic heterocycles. The van der Waals surface area contributed by atoms with E-state index in [0.29, 0.717) is 0 Å². The highest BCUT2D eigenvalue weighted by Crippen LogP contribution is 2.34. The zero-order valence-electron chi connectivity index (χ0n) is 12.2. The van der Waals surface area contributed by atoms with E-state index in [1.54, 1.807) is 11.3 Å². The first-order valence-corrected chi connectivity index (χ1v) is 8.43.